The molecule has 1 nitrogen and oxygen atoms in total. The van der Waals surface area contributed by atoms with Crippen LogP contribution in [0.15, 0.2) is 0 Å². The normalized spacial score (nSPS) is 12.7. The molecule has 0 radical (unpaired) electrons. The van der Waals surface area contributed by atoms with Gasteiger partial charge in [-0.25, -0.2) is 0 Å². The molecule has 7 heavy (non-hydrogen) atoms. The van der Waals surface area contributed by atoms with Crippen molar-refractivity contribution < 1.29 is 0 Å². The van der Waals surface area contributed by atoms with Crippen LogP contribution in [0.2, 0.25) is 11.1 Å². The first-order valence-electron chi connectivity index (χ1n) is 1.84. The summed E-state index contributed by atoms with van der Waals surface area (Å²) in [6.07, 6.45) is 0. The standard InChI is InChI=1S/C4H6ClNSe/c1-7-3-4(5)2-6/h4H,3H2,1H3. The summed E-state index contributed by atoms with van der Waals surface area (Å²) < 4.78 is 0. The van der Waals surface area contributed by atoms with Gasteiger partial charge in [0.25, 0.3) is 0 Å². The number of alkyl halides is 1. The fourth-order valence-electron chi connectivity index (χ4n) is 0.184. The third-order valence-corrected chi connectivity index (χ3v) is 2.52. The maximum absolute atomic E-state index is 8.09. The Labute approximate surface area is 54.8 Å². The van der Waals surface area contributed by atoms with Crippen molar-refractivity contribution in [2.75, 3.05) is 0 Å². The van der Waals surface area contributed by atoms with Gasteiger partial charge in [-0.05, 0) is 0 Å². The summed E-state index contributed by atoms with van der Waals surface area (Å²) in [4.78, 5) is 0. The quantitative estimate of drug-likeness (QED) is 0.466. The zero-order valence-electron chi connectivity index (χ0n) is 4.02. The monoisotopic (exact) mass is 183 g/mol. The summed E-state index contributed by atoms with van der Waals surface area (Å²) in [5, 5.41) is 8.71. The van der Waals surface area contributed by atoms with E-state index in [0.717, 1.165) is 5.32 Å². The van der Waals surface area contributed by atoms with Gasteiger partial charge in [-0.1, -0.05) is 0 Å². The Balaban J connectivity index is 3.04. The van der Waals surface area contributed by atoms with Crippen molar-refractivity contribution in [3.63, 3.8) is 0 Å². The Kier molecular flexibility index (Phi) is 4.65. The zero-order chi connectivity index (χ0) is 5.70. The molecule has 0 saturated heterocycles. The Bertz CT molecular complexity index is 78.2. The molecule has 0 rings (SSSR count). The van der Waals surface area contributed by atoms with Gasteiger partial charge < -0.3 is 0 Å². The van der Waals surface area contributed by atoms with Crippen LogP contribution in [-0.4, -0.2) is 20.3 Å². The summed E-state index contributed by atoms with van der Waals surface area (Å²) in [6.45, 7) is 0. The number of hydrogen-bond acceptors (Lipinski definition) is 1. The molecule has 0 aliphatic rings. The van der Waals surface area contributed by atoms with Crippen molar-refractivity contribution in [3.05, 3.63) is 0 Å². The summed E-state index contributed by atoms with van der Waals surface area (Å²) in [5.74, 6) is 2.07. The number of nitriles is 1. The molecule has 0 aromatic heterocycles. The molecule has 1 unspecified atom stereocenters. The van der Waals surface area contributed by atoms with Crippen LogP contribution < -0.4 is 0 Å². The van der Waals surface area contributed by atoms with E-state index in [1.54, 1.807) is 0 Å². The number of halogens is 1. The van der Waals surface area contributed by atoms with E-state index in [4.69, 9.17) is 16.9 Å². The van der Waals surface area contributed by atoms with Gasteiger partial charge in [0.15, 0.2) is 0 Å². The summed E-state index contributed by atoms with van der Waals surface area (Å²) in [7, 11) is 0. The van der Waals surface area contributed by atoms with E-state index in [-0.39, 0.29) is 5.38 Å². The first-order chi connectivity index (χ1) is 3.31. The Morgan fingerprint density at radius 3 is 2.71 bits per heavy atom. The predicted molar refractivity (Wildman–Crippen MR) is 31.7 cm³/mol. The van der Waals surface area contributed by atoms with E-state index in [1.807, 2.05) is 6.07 Å². The van der Waals surface area contributed by atoms with Crippen molar-refractivity contribution in [1.29, 1.82) is 5.26 Å². The molecular weight excluding hydrogens is 176 g/mol. The van der Waals surface area contributed by atoms with E-state index in [0.29, 0.717) is 15.0 Å². The van der Waals surface area contributed by atoms with Crippen molar-refractivity contribution >= 4 is 26.6 Å². The molecule has 0 saturated carbocycles. The first-order valence-corrected chi connectivity index (χ1v) is 5.20. The van der Waals surface area contributed by atoms with Crippen molar-refractivity contribution in [1.82, 2.24) is 0 Å². The fraction of sp³-hybridized carbons (Fsp3) is 0.750. The summed E-state index contributed by atoms with van der Waals surface area (Å²) in [5.41, 5.74) is 0. The predicted octanol–water partition coefficient (Wildman–Crippen LogP) is 1.29. The molecular formula is C4H6ClNSe. The van der Waals surface area contributed by atoms with Crippen LogP contribution in [0.5, 0.6) is 0 Å². The second-order valence-corrected chi connectivity index (χ2v) is 3.49. The van der Waals surface area contributed by atoms with Crippen molar-refractivity contribution in [2.45, 2.75) is 16.5 Å². The van der Waals surface area contributed by atoms with Crippen LogP contribution >= 0.6 is 11.6 Å². The molecule has 0 bridgehead atoms. The van der Waals surface area contributed by atoms with E-state index in [9.17, 15) is 0 Å². The molecule has 0 aromatic carbocycles. The first kappa shape index (κ1) is 7.30. The molecule has 3 heteroatoms. The fourth-order valence-corrected chi connectivity index (χ4v) is 1.61. The van der Waals surface area contributed by atoms with Gasteiger partial charge in [-0.2, -0.15) is 0 Å². The molecule has 0 spiro atoms. The van der Waals surface area contributed by atoms with Gasteiger partial charge in [-0.3, -0.25) is 0 Å². The Morgan fingerprint density at radius 1 is 2.00 bits per heavy atom. The van der Waals surface area contributed by atoms with Crippen molar-refractivity contribution in [2.24, 2.45) is 0 Å². The third-order valence-electron chi connectivity index (χ3n) is 0.453. The van der Waals surface area contributed by atoms with E-state index < -0.39 is 0 Å². The molecule has 0 aliphatic heterocycles. The van der Waals surface area contributed by atoms with Gasteiger partial charge in [0.2, 0.25) is 0 Å². The minimum atomic E-state index is -0.245. The summed E-state index contributed by atoms with van der Waals surface area (Å²) in [6, 6.07) is 1.95. The molecule has 0 amide bonds. The van der Waals surface area contributed by atoms with E-state index in [2.05, 4.69) is 5.82 Å². The van der Waals surface area contributed by atoms with E-state index >= 15 is 0 Å². The second kappa shape index (κ2) is 4.46. The molecule has 0 heterocycles. The van der Waals surface area contributed by atoms with Gasteiger partial charge in [0.1, 0.15) is 0 Å². The van der Waals surface area contributed by atoms with E-state index in [1.165, 1.54) is 0 Å². The van der Waals surface area contributed by atoms with Crippen LogP contribution in [0.3, 0.4) is 0 Å². The van der Waals surface area contributed by atoms with Crippen LogP contribution in [-0.2, 0) is 0 Å². The molecule has 0 aromatic rings. The van der Waals surface area contributed by atoms with Gasteiger partial charge in [0, 0.05) is 0 Å². The van der Waals surface area contributed by atoms with Gasteiger partial charge >= 0.3 is 54.4 Å². The Morgan fingerprint density at radius 2 is 2.57 bits per heavy atom. The molecule has 1 atom stereocenters. The van der Waals surface area contributed by atoms with Gasteiger partial charge in [-0.15, -0.1) is 0 Å². The average Bonchev–Trinajstić information content (AvgIpc) is 1.68. The minimum absolute atomic E-state index is 0.245. The Hall–Kier alpha value is 0.299. The average molecular weight is 183 g/mol. The number of hydrogen-bond donors (Lipinski definition) is 0. The van der Waals surface area contributed by atoms with Crippen LogP contribution in [0, 0.1) is 11.3 Å². The van der Waals surface area contributed by atoms with Gasteiger partial charge in [0.05, 0.1) is 0 Å². The zero-order valence-corrected chi connectivity index (χ0v) is 6.49. The molecule has 0 fully saturated rings. The molecule has 0 aliphatic carbocycles. The molecule has 0 N–H and O–H groups in total. The van der Waals surface area contributed by atoms with Crippen LogP contribution in [0.1, 0.15) is 0 Å². The van der Waals surface area contributed by atoms with Crippen LogP contribution in [0.4, 0.5) is 0 Å². The molecule has 40 valence electrons. The number of rotatable bonds is 2. The SMILES string of the molecule is C[Se]CC(Cl)C#N. The van der Waals surface area contributed by atoms with Crippen molar-refractivity contribution in [3.8, 4) is 6.07 Å². The van der Waals surface area contributed by atoms with Crippen LogP contribution in [0.25, 0.3) is 0 Å². The summed E-state index contributed by atoms with van der Waals surface area (Å²) >= 11 is 5.96. The maximum atomic E-state index is 8.09. The number of nitrogens with zero attached hydrogens (tertiary/aromatic N) is 1. The second-order valence-electron chi connectivity index (χ2n) is 1.05. The topological polar surface area (TPSA) is 23.8 Å². The third kappa shape index (κ3) is 4.15.